The number of carbonyl (C=O) groups excluding carboxylic acids is 1. The predicted octanol–water partition coefficient (Wildman–Crippen LogP) is 2.88. The third-order valence-electron chi connectivity index (χ3n) is 4.60. The van der Waals surface area contributed by atoms with Crippen molar-refractivity contribution in [3.8, 4) is 0 Å². The number of hydrogen-bond acceptors (Lipinski definition) is 4. The topological polar surface area (TPSA) is 44.8 Å². The van der Waals surface area contributed by atoms with Crippen molar-refractivity contribution in [2.45, 2.75) is 37.4 Å². The van der Waals surface area contributed by atoms with Crippen LogP contribution in [0.3, 0.4) is 0 Å². The molecule has 1 unspecified atom stereocenters. The second-order valence-corrected chi connectivity index (χ2v) is 5.88. The maximum Gasteiger partial charge on any atom is 0.313 e. The molecule has 0 bridgehead atoms. The summed E-state index contributed by atoms with van der Waals surface area (Å²) in [4.78, 5) is 12.3. The van der Waals surface area contributed by atoms with Gasteiger partial charge in [0.1, 0.15) is 0 Å². The van der Waals surface area contributed by atoms with Crippen molar-refractivity contribution in [1.82, 2.24) is 0 Å². The van der Waals surface area contributed by atoms with E-state index in [1.54, 1.807) is 0 Å². The summed E-state index contributed by atoms with van der Waals surface area (Å²) in [5.41, 5.74) is 1.02. The molecule has 1 aromatic rings. The van der Waals surface area contributed by atoms with Gasteiger partial charge in [-0.15, -0.1) is 0 Å². The largest absolute Gasteiger partial charge is 0.469 e. The highest BCUT2D eigenvalue weighted by atomic mass is 16.7. The van der Waals surface area contributed by atoms with Crippen LogP contribution in [0.4, 0.5) is 0 Å². The van der Waals surface area contributed by atoms with Crippen molar-refractivity contribution in [1.29, 1.82) is 0 Å². The molecule has 0 radical (unpaired) electrons. The summed E-state index contributed by atoms with van der Waals surface area (Å²) in [6, 6.07) is 9.89. The number of methoxy groups -OCH3 is 1. The SMILES string of the molecule is COC(=O)[C@@H](c1ccccc1)C1CCCC2(C1)OCCO2. The van der Waals surface area contributed by atoms with E-state index in [4.69, 9.17) is 14.2 Å². The predicted molar refractivity (Wildman–Crippen MR) is 77.8 cm³/mol. The first-order valence-corrected chi connectivity index (χ1v) is 7.65. The van der Waals surface area contributed by atoms with Crippen LogP contribution in [0.5, 0.6) is 0 Å². The molecule has 0 N–H and O–H groups in total. The molecule has 1 heterocycles. The minimum Gasteiger partial charge on any atom is -0.469 e. The Kier molecular flexibility index (Phi) is 4.27. The van der Waals surface area contributed by atoms with Gasteiger partial charge in [-0.25, -0.2) is 0 Å². The minimum absolute atomic E-state index is 0.166. The van der Waals surface area contributed by atoms with E-state index in [2.05, 4.69) is 0 Å². The Morgan fingerprint density at radius 1 is 1.29 bits per heavy atom. The van der Waals surface area contributed by atoms with Gasteiger partial charge in [-0.2, -0.15) is 0 Å². The normalized spacial score (nSPS) is 25.7. The molecular weight excluding hydrogens is 268 g/mol. The zero-order valence-corrected chi connectivity index (χ0v) is 12.4. The summed E-state index contributed by atoms with van der Waals surface area (Å²) in [6.07, 6.45) is 3.71. The third kappa shape index (κ3) is 2.97. The Balaban J connectivity index is 1.84. The highest BCUT2D eigenvalue weighted by molar-refractivity contribution is 5.78. The van der Waals surface area contributed by atoms with Crippen molar-refractivity contribution in [3.05, 3.63) is 35.9 Å². The lowest BCUT2D eigenvalue weighted by molar-refractivity contribution is -0.190. The molecule has 0 aromatic heterocycles. The number of esters is 1. The zero-order valence-electron chi connectivity index (χ0n) is 12.4. The van der Waals surface area contributed by atoms with Gasteiger partial charge in [0, 0.05) is 12.8 Å². The first-order valence-electron chi connectivity index (χ1n) is 7.65. The number of benzene rings is 1. The van der Waals surface area contributed by atoms with Gasteiger partial charge >= 0.3 is 5.97 Å². The first-order chi connectivity index (χ1) is 10.2. The van der Waals surface area contributed by atoms with Crippen LogP contribution in [-0.4, -0.2) is 32.1 Å². The highest BCUT2D eigenvalue weighted by Crippen LogP contribution is 2.44. The summed E-state index contributed by atoms with van der Waals surface area (Å²) in [6.45, 7) is 1.31. The van der Waals surface area contributed by atoms with Crippen LogP contribution >= 0.6 is 0 Å². The highest BCUT2D eigenvalue weighted by Gasteiger charge is 2.45. The van der Waals surface area contributed by atoms with Gasteiger partial charge in [-0.3, -0.25) is 4.79 Å². The maximum atomic E-state index is 12.3. The van der Waals surface area contributed by atoms with Gasteiger partial charge in [0.2, 0.25) is 0 Å². The molecule has 0 amide bonds. The van der Waals surface area contributed by atoms with E-state index >= 15 is 0 Å². The van der Waals surface area contributed by atoms with Crippen LogP contribution in [-0.2, 0) is 19.0 Å². The monoisotopic (exact) mass is 290 g/mol. The van der Waals surface area contributed by atoms with Crippen molar-refractivity contribution in [2.75, 3.05) is 20.3 Å². The summed E-state index contributed by atoms with van der Waals surface area (Å²) >= 11 is 0. The summed E-state index contributed by atoms with van der Waals surface area (Å²) in [7, 11) is 1.46. The second-order valence-electron chi connectivity index (χ2n) is 5.88. The molecule has 4 nitrogen and oxygen atoms in total. The Morgan fingerprint density at radius 2 is 2.00 bits per heavy atom. The van der Waals surface area contributed by atoms with Crippen LogP contribution in [0.1, 0.15) is 37.2 Å². The van der Waals surface area contributed by atoms with Gasteiger partial charge in [0.25, 0.3) is 0 Å². The molecule has 4 heteroatoms. The molecule has 2 fully saturated rings. The average Bonchev–Trinajstić information content (AvgIpc) is 2.96. The third-order valence-corrected chi connectivity index (χ3v) is 4.60. The maximum absolute atomic E-state index is 12.3. The van der Waals surface area contributed by atoms with E-state index in [0.717, 1.165) is 31.2 Å². The van der Waals surface area contributed by atoms with Crippen LogP contribution < -0.4 is 0 Å². The van der Waals surface area contributed by atoms with E-state index in [-0.39, 0.29) is 17.8 Å². The molecule has 1 saturated heterocycles. The molecule has 2 aliphatic rings. The van der Waals surface area contributed by atoms with Crippen molar-refractivity contribution < 1.29 is 19.0 Å². The lowest BCUT2D eigenvalue weighted by Gasteiger charge is -2.38. The quantitative estimate of drug-likeness (QED) is 0.803. The van der Waals surface area contributed by atoms with E-state index in [1.165, 1.54) is 7.11 Å². The molecule has 3 rings (SSSR count). The zero-order chi connectivity index (χ0) is 14.7. The van der Waals surface area contributed by atoms with Crippen molar-refractivity contribution in [2.24, 2.45) is 5.92 Å². The van der Waals surface area contributed by atoms with Gasteiger partial charge < -0.3 is 14.2 Å². The fourth-order valence-corrected chi connectivity index (χ4v) is 3.67. The molecule has 1 aliphatic heterocycles. The molecule has 1 aromatic carbocycles. The second kappa shape index (κ2) is 6.16. The van der Waals surface area contributed by atoms with Gasteiger partial charge in [0.15, 0.2) is 5.79 Å². The van der Waals surface area contributed by atoms with Crippen LogP contribution in [0.15, 0.2) is 30.3 Å². The summed E-state index contributed by atoms with van der Waals surface area (Å²) < 4.78 is 16.7. The fourth-order valence-electron chi connectivity index (χ4n) is 3.67. The Morgan fingerprint density at radius 3 is 2.67 bits per heavy atom. The van der Waals surface area contributed by atoms with Gasteiger partial charge in [-0.05, 0) is 24.3 Å². The van der Waals surface area contributed by atoms with E-state index in [0.29, 0.717) is 13.2 Å². The average molecular weight is 290 g/mol. The number of rotatable bonds is 3. The van der Waals surface area contributed by atoms with Crippen LogP contribution in [0, 0.1) is 5.92 Å². The summed E-state index contributed by atoms with van der Waals surface area (Å²) in [5, 5.41) is 0. The van der Waals surface area contributed by atoms with Crippen molar-refractivity contribution in [3.63, 3.8) is 0 Å². The molecule has 1 spiro atoms. The van der Waals surface area contributed by atoms with Crippen molar-refractivity contribution >= 4 is 5.97 Å². The molecule has 2 atom stereocenters. The minimum atomic E-state index is -0.468. The van der Waals surface area contributed by atoms with E-state index < -0.39 is 5.79 Å². The lowest BCUT2D eigenvalue weighted by Crippen LogP contribution is -2.39. The summed E-state index contributed by atoms with van der Waals surface area (Å²) in [5.74, 6) is -0.668. The molecule has 1 aliphatic carbocycles. The molecular formula is C17H22O4. The number of carbonyl (C=O) groups is 1. The smallest absolute Gasteiger partial charge is 0.313 e. The van der Waals surface area contributed by atoms with Crippen LogP contribution in [0.25, 0.3) is 0 Å². The first kappa shape index (κ1) is 14.5. The van der Waals surface area contributed by atoms with Gasteiger partial charge in [-0.1, -0.05) is 30.3 Å². The van der Waals surface area contributed by atoms with Gasteiger partial charge in [0.05, 0.1) is 26.2 Å². The lowest BCUT2D eigenvalue weighted by atomic mass is 9.74. The van der Waals surface area contributed by atoms with E-state index in [9.17, 15) is 4.79 Å². The molecule has 21 heavy (non-hydrogen) atoms. The Bertz CT molecular complexity index is 479. The number of hydrogen-bond donors (Lipinski definition) is 0. The molecule has 114 valence electrons. The van der Waals surface area contributed by atoms with E-state index in [1.807, 2.05) is 30.3 Å². The standard InChI is InChI=1S/C17H22O4/c1-19-16(18)15(13-6-3-2-4-7-13)14-8-5-9-17(12-14)20-10-11-21-17/h2-4,6-7,14-15H,5,8-12H2,1H3/t14?,15-/m0/s1. The fraction of sp³-hybridized carbons (Fsp3) is 0.588. The number of ether oxygens (including phenoxy) is 3. The molecule has 1 saturated carbocycles. The Hall–Kier alpha value is -1.39. The Labute approximate surface area is 125 Å². The van der Waals surface area contributed by atoms with Crippen LogP contribution in [0.2, 0.25) is 0 Å².